The Kier molecular flexibility index (Phi) is 16.4. The number of nitrogens with one attached hydrogen (secondary N) is 6. The Morgan fingerprint density at radius 2 is 0.557 bits per heavy atom. The minimum absolute atomic E-state index is 0.0770. The molecular formula is C72H74N8O8. The number of rotatable bonds is 16. The molecule has 13 rings (SSSR count). The Labute approximate surface area is 512 Å². The van der Waals surface area contributed by atoms with Crippen molar-refractivity contribution in [3.05, 3.63) is 120 Å². The molecule has 6 aliphatic rings. The van der Waals surface area contributed by atoms with Gasteiger partial charge in [0.05, 0.1) is 85.1 Å². The molecule has 88 heavy (non-hydrogen) atoms. The number of nitrogens with zero attached hydrogens (tertiary/aromatic N) is 2. The minimum Gasteiger partial charge on any atom is -0.496 e. The molecule has 0 unspecified atom stereocenters. The van der Waals surface area contributed by atoms with E-state index in [-0.39, 0.29) is 47.3 Å². The number of benzene rings is 4. The Morgan fingerprint density at radius 1 is 0.330 bits per heavy atom. The van der Waals surface area contributed by atoms with E-state index in [1.807, 2.05) is 121 Å². The van der Waals surface area contributed by atoms with E-state index < -0.39 is 0 Å². The van der Waals surface area contributed by atoms with Crippen LogP contribution in [0.2, 0.25) is 0 Å². The van der Waals surface area contributed by atoms with Crippen molar-refractivity contribution in [2.75, 3.05) is 49.7 Å². The minimum atomic E-state index is -0.162. The molecule has 3 aromatic heterocycles. The zero-order valence-electron chi connectivity index (χ0n) is 50.3. The van der Waals surface area contributed by atoms with Crippen molar-refractivity contribution < 1.29 is 38.1 Å². The summed E-state index contributed by atoms with van der Waals surface area (Å²) in [5.74, 6) is 1.15. The zero-order chi connectivity index (χ0) is 60.4. The van der Waals surface area contributed by atoms with Crippen LogP contribution in [0.1, 0.15) is 126 Å². The van der Waals surface area contributed by atoms with Gasteiger partial charge in [-0.05, 0) is 148 Å². The molecule has 8 bridgehead atoms. The molecule has 0 radical (unpaired) electrons. The maximum Gasteiger partial charge on any atom is 0.227 e. The van der Waals surface area contributed by atoms with Gasteiger partial charge in [0.2, 0.25) is 23.6 Å². The molecule has 0 saturated heterocycles. The fraction of sp³-hybridized carbons (Fsp3) is 0.333. The van der Waals surface area contributed by atoms with Gasteiger partial charge in [-0.25, -0.2) is 9.97 Å². The first kappa shape index (κ1) is 57.6. The first-order valence-electron chi connectivity index (χ1n) is 31.2. The van der Waals surface area contributed by atoms with Gasteiger partial charge < -0.3 is 50.2 Å². The monoisotopic (exact) mass is 1180 g/mol. The van der Waals surface area contributed by atoms with Crippen LogP contribution in [0.3, 0.4) is 0 Å². The SMILES string of the molecule is COc1cccc(OC)c1-c1c2nc(c(-c3c(NC(=O)C4CCCC4)cccc3NC(=O)C3CCCC3)c3ccc([nH]3)c(-c3c(OC)cccc3OC)c3nc(c(-c4c(NC(=O)C5CCCC5)cccc4NC(=O)C4CCCC4)c4ccc1[nH]4)C=C3)C=C2. The van der Waals surface area contributed by atoms with Crippen LogP contribution in [0.15, 0.2) is 97.1 Å². The Bertz CT molecular complexity index is 3730. The summed E-state index contributed by atoms with van der Waals surface area (Å²) in [6.07, 6.45) is 22.0. The number of carbonyl (C=O) groups excluding carboxylic acids is 4. The summed E-state index contributed by atoms with van der Waals surface area (Å²) >= 11 is 0. The lowest BCUT2D eigenvalue weighted by Crippen LogP contribution is -2.23. The van der Waals surface area contributed by atoms with Crippen LogP contribution in [0, 0.1) is 23.7 Å². The van der Waals surface area contributed by atoms with Gasteiger partial charge in [0.1, 0.15) is 23.0 Å². The number of anilines is 4. The molecular weight excluding hydrogens is 1100 g/mol. The van der Waals surface area contributed by atoms with Crippen LogP contribution in [-0.2, 0) is 19.2 Å². The van der Waals surface area contributed by atoms with Crippen molar-refractivity contribution in [3.8, 4) is 67.5 Å². The summed E-state index contributed by atoms with van der Waals surface area (Å²) in [5, 5.41) is 13.5. The number of methoxy groups -OCH3 is 4. The predicted molar refractivity (Wildman–Crippen MR) is 349 cm³/mol. The first-order chi connectivity index (χ1) is 43.1. The van der Waals surface area contributed by atoms with Gasteiger partial charge in [-0.1, -0.05) is 75.6 Å². The smallest absolute Gasteiger partial charge is 0.227 e. The van der Waals surface area contributed by atoms with Crippen molar-refractivity contribution in [1.29, 1.82) is 0 Å². The van der Waals surface area contributed by atoms with Crippen LogP contribution in [0.25, 0.3) is 90.9 Å². The third-order valence-electron chi connectivity index (χ3n) is 18.7. The first-order valence-corrected chi connectivity index (χ1v) is 31.2. The molecule has 4 saturated carbocycles. The van der Waals surface area contributed by atoms with Gasteiger partial charge in [0, 0.05) is 79.1 Å². The second-order valence-electron chi connectivity index (χ2n) is 23.9. The highest BCUT2D eigenvalue weighted by Crippen LogP contribution is 2.49. The fourth-order valence-corrected chi connectivity index (χ4v) is 14.2. The van der Waals surface area contributed by atoms with Crippen molar-refractivity contribution in [2.45, 2.75) is 103 Å². The highest BCUT2D eigenvalue weighted by Gasteiger charge is 2.32. The largest absolute Gasteiger partial charge is 0.496 e. The molecule has 450 valence electrons. The maximum atomic E-state index is 14.5. The van der Waals surface area contributed by atoms with E-state index in [9.17, 15) is 19.2 Å². The number of hydrogen-bond acceptors (Lipinski definition) is 10. The van der Waals surface area contributed by atoms with Crippen LogP contribution >= 0.6 is 0 Å². The van der Waals surface area contributed by atoms with Crippen molar-refractivity contribution in [1.82, 2.24) is 19.9 Å². The van der Waals surface area contributed by atoms with E-state index >= 15 is 0 Å². The Balaban J connectivity index is 1.18. The molecule has 4 amide bonds. The number of aromatic nitrogens is 4. The highest BCUT2D eigenvalue weighted by atomic mass is 16.5. The summed E-state index contributed by atoms with van der Waals surface area (Å²) in [6, 6.07) is 30.6. The van der Waals surface area contributed by atoms with Crippen LogP contribution < -0.4 is 40.2 Å². The molecule has 2 aliphatic heterocycles. The average molecular weight is 1180 g/mol. The number of H-pyrrole nitrogens is 2. The van der Waals surface area contributed by atoms with E-state index in [0.29, 0.717) is 135 Å². The third-order valence-corrected chi connectivity index (χ3v) is 18.7. The standard InChI is InChI=1S/C72H74N8O8/c1-85-57-29-15-30-58(86-2)67(57)65-53-37-33-49(73-53)63(61-45(77-69(81)41-17-5-6-18-41)25-13-26-46(61)78-70(82)42-19-7-8-20-42)51-35-39-55(75-51)66(68-59(87-3)31-16-32-60(68)88-4)56-40-36-52(76-56)64(50-34-38-54(65)74-50)62-47(79-71(83)43-21-9-10-22-43)27-14-28-48(62)80-72(84)44-23-11-12-24-44/h13-16,25-44,73,76H,5-12,17-24H2,1-4H3,(H,77,81)(H,78,82)(H,79,83)(H,80,84). The predicted octanol–water partition coefficient (Wildman–Crippen LogP) is 15.9. The lowest BCUT2D eigenvalue weighted by molar-refractivity contribution is -0.120. The van der Waals surface area contributed by atoms with Crippen LogP contribution in [0.5, 0.6) is 23.0 Å². The van der Waals surface area contributed by atoms with Gasteiger partial charge in [-0.15, -0.1) is 0 Å². The van der Waals surface area contributed by atoms with Crippen molar-refractivity contribution in [2.24, 2.45) is 23.7 Å². The number of hydrogen-bond donors (Lipinski definition) is 6. The van der Waals surface area contributed by atoms with Gasteiger partial charge in [0.15, 0.2) is 0 Å². The molecule has 16 nitrogen and oxygen atoms in total. The lowest BCUT2D eigenvalue weighted by atomic mass is 9.97. The third kappa shape index (κ3) is 11.1. The zero-order valence-corrected chi connectivity index (χ0v) is 50.3. The van der Waals surface area contributed by atoms with Crippen LogP contribution in [-0.4, -0.2) is 72.0 Å². The second kappa shape index (κ2) is 25.1. The van der Waals surface area contributed by atoms with E-state index in [0.717, 1.165) is 103 Å². The Hall–Kier alpha value is -9.44. The van der Waals surface area contributed by atoms with Gasteiger partial charge in [0.25, 0.3) is 0 Å². The molecule has 16 heteroatoms. The topological polar surface area (TPSA) is 211 Å². The van der Waals surface area contributed by atoms with Gasteiger partial charge in [-0.3, -0.25) is 19.2 Å². The number of ether oxygens (including phenoxy) is 4. The molecule has 6 N–H and O–H groups in total. The number of fused-ring (bicyclic) bond motifs is 8. The maximum absolute atomic E-state index is 14.5. The summed E-state index contributed by atoms with van der Waals surface area (Å²) in [4.78, 5) is 76.9. The highest BCUT2D eigenvalue weighted by molar-refractivity contribution is 6.12. The summed E-state index contributed by atoms with van der Waals surface area (Å²) < 4.78 is 24.8. The molecule has 0 atom stereocenters. The van der Waals surface area contributed by atoms with Crippen molar-refractivity contribution >= 4 is 92.7 Å². The lowest BCUT2D eigenvalue weighted by Gasteiger charge is -2.20. The number of carbonyl (C=O) groups is 4. The van der Waals surface area contributed by atoms with Crippen LogP contribution in [0.4, 0.5) is 22.7 Å². The van der Waals surface area contributed by atoms with E-state index in [2.05, 4.69) is 31.2 Å². The van der Waals surface area contributed by atoms with E-state index in [1.165, 1.54) is 0 Å². The molecule has 5 heterocycles. The molecule has 0 spiro atoms. The van der Waals surface area contributed by atoms with E-state index in [1.54, 1.807) is 28.4 Å². The average Bonchev–Trinajstić information content (AvgIpc) is 1.90. The summed E-state index contributed by atoms with van der Waals surface area (Å²) in [5.41, 5.74) is 11.6. The Morgan fingerprint density at radius 3 is 0.795 bits per heavy atom. The number of amides is 4. The summed E-state index contributed by atoms with van der Waals surface area (Å²) in [6.45, 7) is 0. The van der Waals surface area contributed by atoms with Gasteiger partial charge >= 0.3 is 0 Å². The molecule has 7 aromatic rings. The van der Waals surface area contributed by atoms with Crippen molar-refractivity contribution in [3.63, 3.8) is 0 Å². The number of aromatic amines is 2. The molecule has 4 aromatic carbocycles. The van der Waals surface area contributed by atoms with E-state index in [4.69, 9.17) is 28.9 Å². The molecule has 4 aliphatic carbocycles. The normalized spacial score (nSPS) is 16.0. The second-order valence-corrected chi connectivity index (χ2v) is 23.9. The van der Waals surface area contributed by atoms with Gasteiger partial charge in [-0.2, -0.15) is 0 Å². The molecule has 4 fully saturated rings. The quantitative estimate of drug-likeness (QED) is 0.0539. The summed E-state index contributed by atoms with van der Waals surface area (Å²) in [7, 11) is 6.50. The fourth-order valence-electron chi connectivity index (χ4n) is 14.2.